The van der Waals surface area contributed by atoms with Crippen LogP contribution in [0.2, 0.25) is 0 Å². The van der Waals surface area contributed by atoms with Crippen LogP contribution in [0.3, 0.4) is 0 Å². The van der Waals surface area contributed by atoms with Gasteiger partial charge in [-0.1, -0.05) is 0 Å². The van der Waals surface area contributed by atoms with Crippen LogP contribution in [0.25, 0.3) is 0 Å². The molecule has 0 aromatic carbocycles. The molecule has 0 bridgehead atoms. The Kier molecular flexibility index (Phi) is 2.45. The van der Waals surface area contributed by atoms with Crippen LogP contribution in [0.1, 0.15) is 12.1 Å². The van der Waals surface area contributed by atoms with E-state index in [-0.39, 0.29) is 0 Å². The summed E-state index contributed by atoms with van der Waals surface area (Å²) in [5.41, 5.74) is 3.08. The molecule has 0 amide bonds. The molecule has 1 aromatic heterocycles. The lowest BCUT2D eigenvalue weighted by Crippen LogP contribution is -2.00. The van der Waals surface area contributed by atoms with E-state index in [1.807, 2.05) is 0 Å². The fraction of sp³-hybridized carbons (Fsp3) is 0.167. The average molecular weight is 205 g/mol. The number of hydrogen-bond acceptors (Lipinski definition) is 5. The van der Waals surface area contributed by atoms with E-state index in [1.165, 1.54) is 0 Å². The molecular weight excluding hydrogens is 200 g/mol. The lowest BCUT2D eigenvalue weighted by atomic mass is 10.3. The Bertz CT molecular complexity index is 383. The molecule has 0 atom stereocenters. The summed E-state index contributed by atoms with van der Waals surface area (Å²) < 4.78 is 24.3. The number of aromatic hydroxyl groups is 1. The minimum absolute atomic E-state index is 0.440. The van der Waals surface area contributed by atoms with Crippen molar-refractivity contribution in [3.05, 3.63) is 21.9 Å². The van der Waals surface area contributed by atoms with E-state index >= 15 is 0 Å². The number of anilines is 1. The number of alkyl halides is 2. The largest absolute Gasteiger partial charge is 0.501 e. The van der Waals surface area contributed by atoms with Crippen molar-refractivity contribution in [2.24, 2.45) is 0 Å². The van der Waals surface area contributed by atoms with Gasteiger partial charge in [-0.25, -0.2) is 13.8 Å². The molecule has 1 rings (SSSR count). The number of aromatic nitrogens is 1. The molecule has 0 saturated carbocycles. The number of nitrogens with two attached hydrogens (primary N) is 1. The van der Waals surface area contributed by atoms with Gasteiger partial charge in [0.05, 0.1) is 11.0 Å². The Hall–Kier alpha value is -1.99. The molecule has 0 aliphatic rings. The average Bonchev–Trinajstić information content (AvgIpc) is 2.07. The molecule has 6 nitrogen and oxygen atoms in total. The highest BCUT2D eigenvalue weighted by molar-refractivity contribution is 5.54. The molecule has 0 fully saturated rings. The summed E-state index contributed by atoms with van der Waals surface area (Å²) in [5.74, 6) is -1.59. The summed E-state index contributed by atoms with van der Waals surface area (Å²) in [6.07, 6.45) is -3.11. The lowest BCUT2D eigenvalue weighted by molar-refractivity contribution is -0.386. The van der Waals surface area contributed by atoms with Crippen LogP contribution in [0.4, 0.5) is 20.3 Å². The zero-order valence-electron chi connectivity index (χ0n) is 6.65. The number of halogens is 2. The van der Waals surface area contributed by atoms with Gasteiger partial charge in [0.15, 0.2) is 5.69 Å². The van der Waals surface area contributed by atoms with Gasteiger partial charge < -0.3 is 10.8 Å². The maximum atomic E-state index is 12.2. The Morgan fingerprint density at radius 2 is 2.21 bits per heavy atom. The molecular formula is C6H5F2N3O3. The van der Waals surface area contributed by atoms with Gasteiger partial charge in [-0.3, -0.25) is 10.1 Å². The summed E-state index contributed by atoms with van der Waals surface area (Å²) in [4.78, 5) is 12.3. The second kappa shape index (κ2) is 3.40. The first-order chi connectivity index (χ1) is 6.43. The number of rotatable bonds is 2. The summed E-state index contributed by atoms with van der Waals surface area (Å²) in [5, 5.41) is 19.3. The SMILES string of the molecule is Nc1cc([N+](=O)[O-])c(O)c(C(F)F)n1. The quantitative estimate of drug-likeness (QED) is 0.558. The predicted molar refractivity (Wildman–Crippen MR) is 41.9 cm³/mol. The van der Waals surface area contributed by atoms with Crippen molar-refractivity contribution in [2.45, 2.75) is 6.43 Å². The van der Waals surface area contributed by atoms with Crippen molar-refractivity contribution in [3.8, 4) is 5.75 Å². The lowest BCUT2D eigenvalue weighted by Gasteiger charge is -2.03. The van der Waals surface area contributed by atoms with E-state index < -0.39 is 34.3 Å². The number of pyridine rings is 1. The summed E-state index contributed by atoms with van der Waals surface area (Å²) in [6, 6.07) is 0.710. The Morgan fingerprint density at radius 3 is 2.64 bits per heavy atom. The highest BCUT2D eigenvalue weighted by Crippen LogP contribution is 2.35. The van der Waals surface area contributed by atoms with Gasteiger partial charge in [-0.05, 0) is 0 Å². The zero-order valence-corrected chi connectivity index (χ0v) is 6.65. The predicted octanol–water partition coefficient (Wildman–Crippen LogP) is 1.22. The Morgan fingerprint density at radius 1 is 1.64 bits per heavy atom. The van der Waals surface area contributed by atoms with E-state index in [4.69, 9.17) is 10.8 Å². The van der Waals surface area contributed by atoms with Gasteiger partial charge in [-0.15, -0.1) is 0 Å². The molecule has 8 heteroatoms. The molecule has 0 radical (unpaired) electrons. The van der Waals surface area contributed by atoms with Gasteiger partial charge in [0, 0.05) is 0 Å². The minimum atomic E-state index is -3.11. The highest BCUT2D eigenvalue weighted by Gasteiger charge is 2.25. The first-order valence-electron chi connectivity index (χ1n) is 3.35. The standard InChI is InChI=1S/C6H5F2N3O3/c7-6(8)4-5(12)2(11(13)14)1-3(9)10-4/h1,6,12H,(H2,9,10). The first kappa shape index (κ1) is 10.1. The third-order valence-electron chi connectivity index (χ3n) is 1.42. The first-order valence-corrected chi connectivity index (χ1v) is 3.35. The summed E-state index contributed by atoms with van der Waals surface area (Å²) in [7, 11) is 0. The van der Waals surface area contributed by atoms with Crippen molar-refractivity contribution in [3.63, 3.8) is 0 Å². The van der Waals surface area contributed by atoms with Crippen molar-refractivity contribution in [1.82, 2.24) is 4.98 Å². The van der Waals surface area contributed by atoms with Gasteiger partial charge in [-0.2, -0.15) is 0 Å². The molecule has 0 aliphatic heterocycles. The van der Waals surface area contributed by atoms with Crippen LogP contribution in [-0.2, 0) is 0 Å². The second-order valence-electron chi connectivity index (χ2n) is 2.36. The smallest absolute Gasteiger partial charge is 0.316 e. The molecule has 76 valence electrons. The molecule has 0 aliphatic carbocycles. The van der Waals surface area contributed by atoms with Crippen LogP contribution in [0.15, 0.2) is 6.07 Å². The van der Waals surface area contributed by atoms with Gasteiger partial charge in [0.25, 0.3) is 6.43 Å². The van der Waals surface area contributed by atoms with E-state index in [2.05, 4.69) is 4.98 Å². The topological polar surface area (TPSA) is 102 Å². The number of hydrogen-bond donors (Lipinski definition) is 2. The van der Waals surface area contributed by atoms with Crippen LogP contribution < -0.4 is 5.73 Å². The molecule has 3 N–H and O–H groups in total. The van der Waals surface area contributed by atoms with Gasteiger partial charge >= 0.3 is 5.69 Å². The van der Waals surface area contributed by atoms with E-state index in [1.54, 1.807) is 0 Å². The molecule has 0 unspecified atom stereocenters. The van der Waals surface area contributed by atoms with E-state index in [0.717, 1.165) is 0 Å². The second-order valence-corrected chi connectivity index (χ2v) is 2.36. The van der Waals surface area contributed by atoms with Crippen molar-refractivity contribution >= 4 is 11.5 Å². The molecule has 14 heavy (non-hydrogen) atoms. The van der Waals surface area contributed by atoms with Crippen LogP contribution in [-0.4, -0.2) is 15.0 Å². The van der Waals surface area contributed by atoms with Crippen molar-refractivity contribution < 1.29 is 18.8 Å². The fourth-order valence-corrected chi connectivity index (χ4v) is 0.855. The summed E-state index contributed by atoms with van der Waals surface area (Å²) in [6.45, 7) is 0. The van der Waals surface area contributed by atoms with Gasteiger partial charge in [0.1, 0.15) is 5.82 Å². The van der Waals surface area contributed by atoms with Crippen molar-refractivity contribution in [2.75, 3.05) is 5.73 Å². The third kappa shape index (κ3) is 1.68. The number of nitro groups is 1. The molecule has 0 saturated heterocycles. The molecule has 1 aromatic rings. The number of nitrogens with zero attached hydrogens (tertiary/aromatic N) is 2. The maximum Gasteiger partial charge on any atom is 0.316 e. The fourth-order valence-electron chi connectivity index (χ4n) is 0.855. The van der Waals surface area contributed by atoms with Crippen LogP contribution >= 0.6 is 0 Å². The Labute approximate surface area is 76.1 Å². The van der Waals surface area contributed by atoms with E-state index in [9.17, 15) is 18.9 Å². The number of nitrogen functional groups attached to an aromatic ring is 1. The molecule has 1 heterocycles. The normalized spacial score (nSPS) is 10.5. The molecule has 0 spiro atoms. The van der Waals surface area contributed by atoms with Crippen molar-refractivity contribution in [1.29, 1.82) is 0 Å². The minimum Gasteiger partial charge on any atom is -0.501 e. The van der Waals surface area contributed by atoms with Crippen LogP contribution in [0, 0.1) is 10.1 Å². The summed E-state index contributed by atoms with van der Waals surface area (Å²) >= 11 is 0. The zero-order chi connectivity index (χ0) is 10.9. The Balaban J connectivity index is 3.40. The highest BCUT2D eigenvalue weighted by atomic mass is 19.3. The van der Waals surface area contributed by atoms with E-state index in [0.29, 0.717) is 6.07 Å². The third-order valence-corrected chi connectivity index (χ3v) is 1.42. The van der Waals surface area contributed by atoms with Crippen LogP contribution in [0.5, 0.6) is 5.75 Å². The van der Waals surface area contributed by atoms with Gasteiger partial charge in [0.2, 0.25) is 5.75 Å². The maximum absolute atomic E-state index is 12.2. The monoisotopic (exact) mass is 205 g/mol.